The Hall–Kier alpha value is -2.21. The van der Waals surface area contributed by atoms with Gasteiger partial charge in [0.1, 0.15) is 5.82 Å². The smallest absolute Gasteiger partial charge is 0.356 e. The number of hydrogen-bond acceptors (Lipinski definition) is 3. The highest BCUT2D eigenvalue weighted by Gasteiger charge is 2.13. The van der Waals surface area contributed by atoms with Crippen LogP contribution in [0.15, 0.2) is 30.3 Å². The first-order chi connectivity index (χ1) is 8.97. The molecule has 2 aromatic rings. The van der Waals surface area contributed by atoms with E-state index in [1.54, 1.807) is 0 Å². The van der Waals surface area contributed by atoms with Crippen molar-refractivity contribution in [2.24, 2.45) is 0 Å². The molecular formula is C12H6ClF2NO3. The van der Waals surface area contributed by atoms with Gasteiger partial charge in [0.2, 0.25) is 5.88 Å². The van der Waals surface area contributed by atoms with E-state index in [0.717, 1.165) is 12.1 Å². The van der Waals surface area contributed by atoms with Gasteiger partial charge in [-0.15, -0.1) is 0 Å². The van der Waals surface area contributed by atoms with Crippen LogP contribution in [-0.2, 0) is 0 Å². The highest BCUT2D eigenvalue weighted by atomic mass is 35.5. The van der Waals surface area contributed by atoms with Crippen molar-refractivity contribution in [2.45, 2.75) is 0 Å². The number of nitrogens with zero attached hydrogens (tertiary/aromatic N) is 1. The second kappa shape index (κ2) is 5.19. The van der Waals surface area contributed by atoms with E-state index in [-0.39, 0.29) is 16.7 Å². The number of ether oxygens (including phenoxy) is 1. The number of pyridine rings is 1. The van der Waals surface area contributed by atoms with Gasteiger partial charge in [-0.2, -0.15) is 0 Å². The predicted molar refractivity (Wildman–Crippen MR) is 62.6 cm³/mol. The van der Waals surface area contributed by atoms with Gasteiger partial charge in [-0.3, -0.25) is 0 Å². The number of carbonyl (C=O) groups is 1. The highest BCUT2D eigenvalue weighted by Crippen LogP contribution is 2.25. The lowest BCUT2D eigenvalue weighted by Gasteiger charge is -2.07. The SMILES string of the molecule is O=C(O)c1nc(Oc2ccc(F)cc2F)ccc1Cl. The molecule has 1 aromatic heterocycles. The Labute approximate surface area is 111 Å². The fraction of sp³-hybridized carbons (Fsp3) is 0. The van der Waals surface area contributed by atoms with E-state index in [0.29, 0.717) is 6.07 Å². The fourth-order valence-corrected chi connectivity index (χ4v) is 1.49. The van der Waals surface area contributed by atoms with E-state index in [9.17, 15) is 13.6 Å². The molecule has 0 spiro atoms. The van der Waals surface area contributed by atoms with Crippen molar-refractivity contribution < 1.29 is 23.4 Å². The van der Waals surface area contributed by atoms with Gasteiger partial charge >= 0.3 is 5.97 Å². The molecule has 19 heavy (non-hydrogen) atoms. The molecule has 0 bridgehead atoms. The monoisotopic (exact) mass is 285 g/mol. The molecule has 1 heterocycles. The zero-order chi connectivity index (χ0) is 14.0. The lowest BCUT2D eigenvalue weighted by atomic mass is 10.3. The molecular weight excluding hydrogens is 280 g/mol. The van der Waals surface area contributed by atoms with Crippen LogP contribution in [0, 0.1) is 11.6 Å². The molecule has 0 saturated carbocycles. The topological polar surface area (TPSA) is 59.4 Å². The number of aromatic nitrogens is 1. The summed E-state index contributed by atoms with van der Waals surface area (Å²) >= 11 is 5.62. The van der Waals surface area contributed by atoms with Gasteiger partial charge in [-0.05, 0) is 18.2 Å². The summed E-state index contributed by atoms with van der Waals surface area (Å²) in [6, 6.07) is 5.25. The van der Waals surface area contributed by atoms with E-state index in [1.807, 2.05) is 0 Å². The van der Waals surface area contributed by atoms with Gasteiger partial charge in [0.05, 0.1) is 5.02 Å². The summed E-state index contributed by atoms with van der Waals surface area (Å²) in [5, 5.41) is 8.75. The first-order valence-electron chi connectivity index (χ1n) is 5.00. The third-order valence-corrected chi connectivity index (χ3v) is 2.44. The molecule has 4 nitrogen and oxygen atoms in total. The molecule has 0 aliphatic carbocycles. The van der Waals surface area contributed by atoms with Crippen molar-refractivity contribution in [1.29, 1.82) is 0 Å². The van der Waals surface area contributed by atoms with Crippen LogP contribution in [0.2, 0.25) is 5.02 Å². The third kappa shape index (κ3) is 2.97. The van der Waals surface area contributed by atoms with E-state index in [4.69, 9.17) is 21.4 Å². The first-order valence-corrected chi connectivity index (χ1v) is 5.38. The number of aromatic carboxylic acids is 1. The molecule has 2 rings (SSSR count). The maximum absolute atomic E-state index is 13.3. The van der Waals surface area contributed by atoms with Gasteiger partial charge in [0.25, 0.3) is 0 Å². The number of hydrogen-bond donors (Lipinski definition) is 1. The van der Waals surface area contributed by atoms with Gasteiger partial charge in [-0.1, -0.05) is 11.6 Å². The van der Waals surface area contributed by atoms with Crippen molar-refractivity contribution in [3.05, 3.63) is 52.7 Å². The second-order valence-electron chi connectivity index (χ2n) is 3.46. The first kappa shape index (κ1) is 13.2. The molecule has 0 unspecified atom stereocenters. The van der Waals surface area contributed by atoms with Gasteiger partial charge in [-0.25, -0.2) is 18.6 Å². The summed E-state index contributed by atoms with van der Waals surface area (Å²) in [5.74, 6) is -3.44. The summed E-state index contributed by atoms with van der Waals surface area (Å²) < 4.78 is 31.1. The van der Waals surface area contributed by atoms with Crippen LogP contribution in [0.5, 0.6) is 11.6 Å². The summed E-state index contributed by atoms with van der Waals surface area (Å²) in [6.07, 6.45) is 0. The molecule has 0 saturated heterocycles. The van der Waals surface area contributed by atoms with Crippen LogP contribution in [0.4, 0.5) is 8.78 Å². The molecule has 98 valence electrons. The number of benzene rings is 1. The van der Waals surface area contributed by atoms with Crippen LogP contribution in [-0.4, -0.2) is 16.1 Å². The Morgan fingerprint density at radius 2 is 2.00 bits per heavy atom. The zero-order valence-corrected chi connectivity index (χ0v) is 9.99. The van der Waals surface area contributed by atoms with E-state index >= 15 is 0 Å². The lowest BCUT2D eigenvalue weighted by molar-refractivity contribution is 0.0690. The van der Waals surface area contributed by atoms with Crippen LogP contribution in [0.1, 0.15) is 10.5 Å². The van der Waals surface area contributed by atoms with E-state index in [2.05, 4.69) is 4.98 Å². The fourth-order valence-electron chi connectivity index (χ4n) is 1.30. The van der Waals surface area contributed by atoms with Crippen molar-refractivity contribution in [3.8, 4) is 11.6 Å². The number of carboxylic acid groups (broad SMARTS) is 1. The third-order valence-electron chi connectivity index (χ3n) is 2.13. The maximum Gasteiger partial charge on any atom is 0.356 e. The highest BCUT2D eigenvalue weighted by molar-refractivity contribution is 6.33. The Balaban J connectivity index is 2.33. The number of carboxylic acids is 1. The minimum Gasteiger partial charge on any atom is -0.476 e. The summed E-state index contributed by atoms with van der Waals surface area (Å²) in [4.78, 5) is 14.4. The quantitative estimate of drug-likeness (QED) is 0.937. The Morgan fingerprint density at radius 1 is 1.26 bits per heavy atom. The maximum atomic E-state index is 13.3. The molecule has 0 aliphatic rings. The summed E-state index contributed by atoms with van der Waals surface area (Å²) in [5.41, 5.74) is -0.415. The van der Waals surface area contributed by atoms with Gasteiger partial charge in [0.15, 0.2) is 17.3 Å². The molecule has 1 N–H and O–H groups in total. The molecule has 0 amide bonds. The minimum absolute atomic E-state index is 0.0700. The van der Waals surface area contributed by atoms with Crippen LogP contribution in [0.3, 0.4) is 0 Å². The Bertz CT molecular complexity index is 649. The van der Waals surface area contributed by atoms with Gasteiger partial charge in [0, 0.05) is 12.1 Å². The number of halogens is 3. The van der Waals surface area contributed by atoms with Crippen molar-refractivity contribution in [2.75, 3.05) is 0 Å². The van der Waals surface area contributed by atoms with Crippen molar-refractivity contribution in [1.82, 2.24) is 4.98 Å². The molecule has 0 fully saturated rings. The normalized spacial score (nSPS) is 10.3. The van der Waals surface area contributed by atoms with Crippen molar-refractivity contribution in [3.63, 3.8) is 0 Å². The van der Waals surface area contributed by atoms with Crippen molar-refractivity contribution >= 4 is 17.6 Å². The number of rotatable bonds is 3. The standard InChI is InChI=1S/C12H6ClF2NO3/c13-7-2-4-10(16-11(7)12(17)18)19-9-3-1-6(14)5-8(9)15/h1-5H,(H,17,18). The van der Waals surface area contributed by atoms with E-state index < -0.39 is 23.3 Å². The Kier molecular flexibility index (Phi) is 3.62. The molecule has 0 aliphatic heterocycles. The Morgan fingerprint density at radius 3 is 2.63 bits per heavy atom. The minimum atomic E-state index is -1.34. The molecule has 0 atom stereocenters. The van der Waals surface area contributed by atoms with E-state index in [1.165, 1.54) is 12.1 Å². The lowest BCUT2D eigenvalue weighted by Crippen LogP contribution is -2.02. The molecule has 0 radical (unpaired) electrons. The van der Waals surface area contributed by atoms with Gasteiger partial charge < -0.3 is 9.84 Å². The molecule has 1 aromatic carbocycles. The summed E-state index contributed by atoms with van der Waals surface area (Å²) in [6.45, 7) is 0. The van der Waals surface area contributed by atoms with Crippen LogP contribution >= 0.6 is 11.6 Å². The van der Waals surface area contributed by atoms with Crippen LogP contribution < -0.4 is 4.74 Å². The predicted octanol–water partition coefficient (Wildman–Crippen LogP) is 3.50. The average molecular weight is 286 g/mol. The second-order valence-corrected chi connectivity index (χ2v) is 3.87. The largest absolute Gasteiger partial charge is 0.476 e. The molecule has 7 heteroatoms. The van der Waals surface area contributed by atoms with Crippen LogP contribution in [0.25, 0.3) is 0 Å². The summed E-state index contributed by atoms with van der Waals surface area (Å²) in [7, 11) is 0. The average Bonchev–Trinajstić information content (AvgIpc) is 2.34. The zero-order valence-electron chi connectivity index (χ0n) is 9.23.